The number of halogens is 2. The Bertz CT molecular complexity index is 1370. The van der Waals surface area contributed by atoms with Crippen LogP contribution in [0.5, 0.6) is 5.88 Å². The van der Waals surface area contributed by atoms with E-state index in [0.717, 1.165) is 28.0 Å². The number of alkyl halides is 1. The lowest BCUT2D eigenvalue weighted by Gasteiger charge is -2.17. The number of benzene rings is 3. The van der Waals surface area contributed by atoms with Crippen molar-refractivity contribution in [3.05, 3.63) is 95.3 Å². The first kappa shape index (κ1) is 33.6. The second-order valence-corrected chi connectivity index (χ2v) is 13.0. The van der Waals surface area contributed by atoms with Gasteiger partial charge in [0.25, 0.3) is 6.33 Å². The van der Waals surface area contributed by atoms with Gasteiger partial charge >= 0.3 is 5.88 Å². The molecule has 4 aromatic rings. The van der Waals surface area contributed by atoms with Crippen LogP contribution in [-0.4, -0.2) is 15.6 Å². The molecule has 5 heteroatoms. The molecule has 220 valence electrons. The van der Waals surface area contributed by atoms with Crippen LogP contribution in [0, 0.1) is 0 Å². The van der Waals surface area contributed by atoms with Gasteiger partial charge in [-0.15, -0.1) is 0 Å². The zero-order chi connectivity index (χ0) is 29.0. The molecule has 0 aliphatic heterocycles. The molecule has 0 radical (unpaired) electrons. The van der Waals surface area contributed by atoms with E-state index in [9.17, 15) is 0 Å². The number of nitrogens with zero attached hydrogens (tertiary/aromatic N) is 2. The summed E-state index contributed by atoms with van der Waals surface area (Å²) in [4.78, 5) is 0. The molecule has 0 spiro atoms. The maximum absolute atomic E-state index is 6.83. The fourth-order valence-corrected chi connectivity index (χ4v) is 5.88. The van der Waals surface area contributed by atoms with Crippen LogP contribution in [0.2, 0.25) is 0 Å². The van der Waals surface area contributed by atoms with E-state index in [4.69, 9.17) is 4.74 Å². The van der Waals surface area contributed by atoms with Crippen LogP contribution in [0.4, 0.5) is 0 Å². The Morgan fingerprint density at radius 3 is 1.63 bits per heavy atom. The lowest BCUT2D eigenvalue weighted by molar-refractivity contribution is -0.603. The molecule has 0 atom stereocenters. The van der Waals surface area contributed by atoms with Crippen LogP contribution >= 0.6 is 22.6 Å². The molecule has 0 unspecified atom stereocenters. The topological polar surface area (TPSA) is 18.0 Å². The van der Waals surface area contributed by atoms with E-state index in [2.05, 4.69) is 160 Å². The standard InChI is InChI=1S/C36H46IN2O.HI/c1-24(2)29-17-12-18-30(25(3)4)34(29)38-23-39(35-31(26(5)6)19-13-20-32(35)27(7)8)36(40-22-14-21-37)33(38)28-15-10-9-11-16-28;/h9-13,15-20,23-27H,14,21-22H2,1-8H3;1H/q+1;/p-1. The number of hydrogen-bond donors (Lipinski definition) is 0. The maximum Gasteiger partial charge on any atom is 0.338 e. The summed E-state index contributed by atoms with van der Waals surface area (Å²) >= 11 is 2.44. The smallest absolute Gasteiger partial charge is 0.338 e. The summed E-state index contributed by atoms with van der Waals surface area (Å²) < 4.78 is 12.7. The fourth-order valence-electron chi connectivity index (χ4n) is 5.57. The monoisotopic (exact) mass is 776 g/mol. The van der Waals surface area contributed by atoms with Crippen molar-refractivity contribution < 1.29 is 33.3 Å². The Morgan fingerprint density at radius 2 is 1.17 bits per heavy atom. The van der Waals surface area contributed by atoms with Crippen LogP contribution in [-0.2, 0) is 0 Å². The molecule has 41 heavy (non-hydrogen) atoms. The molecule has 0 amide bonds. The molecule has 0 fully saturated rings. The van der Waals surface area contributed by atoms with Crippen molar-refractivity contribution in [1.29, 1.82) is 0 Å². The first-order chi connectivity index (χ1) is 19.2. The summed E-state index contributed by atoms with van der Waals surface area (Å²) in [7, 11) is 0. The van der Waals surface area contributed by atoms with Crippen LogP contribution in [0.1, 0.15) is 108 Å². The predicted molar refractivity (Wildman–Crippen MR) is 178 cm³/mol. The van der Waals surface area contributed by atoms with Crippen molar-refractivity contribution in [3.63, 3.8) is 0 Å². The van der Waals surface area contributed by atoms with Gasteiger partial charge in [0, 0.05) is 32.2 Å². The average Bonchev–Trinajstić information content (AvgIpc) is 3.31. The van der Waals surface area contributed by atoms with Crippen molar-refractivity contribution in [3.8, 4) is 28.5 Å². The number of para-hydroxylation sites is 2. The lowest BCUT2D eigenvalue weighted by Crippen LogP contribution is -3.00. The molecule has 0 saturated carbocycles. The summed E-state index contributed by atoms with van der Waals surface area (Å²) in [6.07, 6.45) is 3.31. The third-order valence-electron chi connectivity index (χ3n) is 7.62. The Kier molecular flexibility index (Phi) is 12.3. The summed E-state index contributed by atoms with van der Waals surface area (Å²) in [6, 6.07) is 24.4. The van der Waals surface area contributed by atoms with Gasteiger partial charge in [-0.1, -0.05) is 145 Å². The van der Waals surface area contributed by atoms with Crippen LogP contribution < -0.4 is 33.3 Å². The molecule has 3 aromatic carbocycles. The molecule has 0 aliphatic carbocycles. The van der Waals surface area contributed by atoms with E-state index in [1.54, 1.807) is 0 Å². The summed E-state index contributed by atoms with van der Waals surface area (Å²) in [5, 5.41) is 0. The van der Waals surface area contributed by atoms with Gasteiger partial charge in [0.2, 0.25) is 5.69 Å². The van der Waals surface area contributed by atoms with Gasteiger partial charge in [0.05, 0.1) is 6.61 Å². The van der Waals surface area contributed by atoms with Crippen molar-refractivity contribution in [2.75, 3.05) is 11.0 Å². The molecular formula is C36H46I2N2O. The largest absolute Gasteiger partial charge is 1.00 e. The molecule has 0 bridgehead atoms. The Morgan fingerprint density at radius 1 is 0.683 bits per heavy atom. The number of imidazole rings is 1. The average molecular weight is 777 g/mol. The minimum atomic E-state index is 0. The van der Waals surface area contributed by atoms with Crippen LogP contribution in [0.25, 0.3) is 22.6 Å². The quantitative estimate of drug-likeness (QED) is 0.0688. The predicted octanol–water partition coefficient (Wildman–Crippen LogP) is 7.12. The number of ether oxygens (including phenoxy) is 1. The van der Waals surface area contributed by atoms with Crippen molar-refractivity contribution in [2.45, 2.75) is 85.5 Å². The van der Waals surface area contributed by atoms with E-state index in [0.29, 0.717) is 30.3 Å². The summed E-state index contributed by atoms with van der Waals surface area (Å²) in [5.41, 5.74) is 10.2. The molecule has 3 nitrogen and oxygen atoms in total. The molecule has 1 heterocycles. The molecule has 0 saturated heterocycles. The fraction of sp³-hybridized carbons (Fsp3) is 0.417. The SMILES string of the molecule is CC(C)c1cccc(C(C)C)c1-n1c[n+](-c2c(C(C)C)cccc2C(C)C)c(OCCCI)c1-c1ccccc1.[I-]. The highest BCUT2D eigenvalue weighted by atomic mass is 127. The van der Waals surface area contributed by atoms with Crippen molar-refractivity contribution in [2.24, 2.45) is 0 Å². The minimum absolute atomic E-state index is 0. The summed E-state index contributed by atoms with van der Waals surface area (Å²) in [6.45, 7) is 19.0. The highest BCUT2D eigenvalue weighted by Crippen LogP contribution is 2.39. The highest BCUT2D eigenvalue weighted by molar-refractivity contribution is 14.1. The van der Waals surface area contributed by atoms with Gasteiger partial charge in [0.15, 0.2) is 0 Å². The number of hydrogen-bond acceptors (Lipinski definition) is 1. The Balaban J connectivity index is 0.00000462. The molecule has 0 aliphatic rings. The zero-order valence-electron chi connectivity index (χ0n) is 25.9. The van der Waals surface area contributed by atoms with E-state index in [1.807, 2.05) is 0 Å². The van der Waals surface area contributed by atoms with E-state index in [-0.39, 0.29) is 24.0 Å². The first-order valence-electron chi connectivity index (χ1n) is 14.8. The van der Waals surface area contributed by atoms with Crippen LogP contribution in [0.3, 0.4) is 0 Å². The Hall–Kier alpha value is -1.87. The second kappa shape index (κ2) is 15.0. The second-order valence-electron chi connectivity index (χ2n) is 12.0. The number of rotatable bonds is 11. The van der Waals surface area contributed by atoms with Gasteiger partial charge in [-0.25, -0.2) is 0 Å². The van der Waals surface area contributed by atoms with Gasteiger partial charge in [-0.05, 0) is 30.1 Å². The number of aromatic nitrogens is 2. The van der Waals surface area contributed by atoms with Gasteiger partial charge in [-0.3, -0.25) is 0 Å². The summed E-state index contributed by atoms with van der Waals surface area (Å²) in [5.74, 6) is 2.43. The first-order valence-corrected chi connectivity index (χ1v) is 16.4. The zero-order valence-corrected chi connectivity index (χ0v) is 30.2. The van der Waals surface area contributed by atoms with Gasteiger partial charge < -0.3 is 28.7 Å². The van der Waals surface area contributed by atoms with Gasteiger partial charge in [-0.2, -0.15) is 9.13 Å². The molecule has 4 rings (SSSR count). The van der Waals surface area contributed by atoms with Crippen molar-refractivity contribution >= 4 is 22.6 Å². The van der Waals surface area contributed by atoms with Gasteiger partial charge in [0.1, 0.15) is 11.4 Å². The van der Waals surface area contributed by atoms with E-state index >= 15 is 0 Å². The van der Waals surface area contributed by atoms with E-state index < -0.39 is 0 Å². The lowest BCUT2D eigenvalue weighted by atomic mass is 9.92. The third-order valence-corrected chi connectivity index (χ3v) is 8.39. The molecular weight excluding hydrogens is 730 g/mol. The molecule has 0 N–H and O–H groups in total. The minimum Gasteiger partial charge on any atom is -1.00 e. The maximum atomic E-state index is 6.83. The third kappa shape index (κ3) is 7.20. The highest BCUT2D eigenvalue weighted by Gasteiger charge is 2.34. The van der Waals surface area contributed by atoms with Crippen molar-refractivity contribution in [1.82, 2.24) is 4.57 Å². The van der Waals surface area contributed by atoms with Crippen LogP contribution in [0.15, 0.2) is 73.1 Å². The normalized spacial score (nSPS) is 11.5. The molecule has 1 aromatic heterocycles. The van der Waals surface area contributed by atoms with E-state index in [1.165, 1.54) is 33.6 Å². The Labute approximate surface area is 278 Å².